The highest BCUT2D eigenvalue weighted by molar-refractivity contribution is 5.35. The van der Waals surface area contributed by atoms with Crippen molar-refractivity contribution >= 4 is 0 Å². The van der Waals surface area contributed by atoms with Crippen LogP contribution in [0.2, 0.25) is 0 Å². The first-order valence-corrected chi connectivity index (χ1v) is 11.7. The molecule has 26 heavy (non-hydrogen) atoms. The Labute approximate surface area is 164 Å². The Kier molecular flexibility index (Phi) is 8.71. The standard InChI is InChI=1S/C24H38.C2H6/c1-4-5-6-13-22-16-17-23-21(12-9-18-24(22,23)3)15-14-20-11-8-7-10-19(20)2;1-2/h14-15,22-23H,2,4-13,16-18H2,1,3H3;1-2H3/b20-14-,21-15+;. The first-order chi connectivity index (χ1) is 12.6. The summed E-state index contributed by atoms with van der Waals surface area (Å²) >= 11 is 0. The zero-order valence-corrected chi connectivity index (χ0v) is 18.2. The minimum atomic E-state index is 0.597. The summed E-state index contributed by atoms with van der Waals surface area (Å²) in [6, 6.07) is 0. The molecule has 0 heteroatoms. The van der Waals surface area contributed by atoms with Crippen LogP contribution in [0.5, 0.6) is 0 Å². The van der Waals surface area contributed by atoms with Crippen molar-refractivity contribution in [3.8, 4) is 0 Å². The Hall–Kier alpha value is -0.780. The van der Waals surface area contributed by atoms with Crippen molar-refractivity contribution in [3.63, 3.8) is 0 Å². The average Bonchev–Trinajstić information content (AvgIpc) is 3.00. The Balaban J connectivity index is 0.00000117. The van der Waals surface area contributed by atoms with Gasteiger partial charge in [-0.1, -0.05) is 76.8 Å². The smallest absolute Gasteiger partial charge is 0.0143 e. The third kappa shape index (κ3) is 4.93. The number of allylic oxidation sites excluding steroid dienone is 5. The van der Waals surface area contributed by atoms with Crippen molar-refractivity contribution in [1.82, 2.24) is 0 Å². The van der Waals surface area contributed by atoms with Crippen LogP contribution in [-0.2, 0) is 0 Å². The zero-order chi connectivity index (χ0) is 19.0. The van der Waals surface area contributed by atoms with Gasteiger partial charge in [0.25, 0.3) is 0 Å². The van der Waals surface area contributed by atoms with E-state index >= 15 is 0 Å². The number of rotatable bonds is 5. The molecule has 0 bridgehead atoms. The molecule has 3 fully saturated rings. The van der Waals surface area contributed by atoms with Gasteiger partial charge in [-0.3, -0.25) is 0 Å². The lowest BCUT2D eigenvalue weighted by Crippen LogP contribution is -2.33. The molecular weight excluding hydrogens is 312 g/mol. The fourth-order valence-corrected chi connectivity index (χ4v) is 5.86. The Morgan fingerprint density at radius 2 is 1.77 bits per heavy atom. The molecule has 0 aromatic heterocycles. The van der Waals surface area contributed by atoms with Crippen LogP contribution in [-0.4, -0.2) is 0 Å². The molecule has 0 aromatic rings. The van der Waals surface area contributed by atoms with Gasteiger partial charge in [-0.2, -0.15) is 0 Å². The lowest BCUT2D eigenvalue weighted by atomic mass is 9.62. The topological polar surface area (TPSA) is 0 Å². The minimum absolute atomic E-state index is 0.597. The fraction of sp³-hybridized carbons (Fsp3) is 0.769. The van der Waals surface area contributed by atoms with Crippen LogP contribution in [0, 0.1) is 17.3 Å². The summed E-state index contributed by atoms with van der Waals surface area (Å²) < 4.78 is 0. The highest BCUT2D eigenvalue weighted by atomic mass is 14.5. The second-order valence-electron chi connectivity index (χ2n) is 8.93. The molecule has 0 aliphatic heterocycles. The van der Waals surface area contributed by atoms with Crippen molar-refractivity contribution < 1.29 is 0 Å². The molecule has 0 N–H and O–H groups in total. The highest BCUT2D eigenvalue weighted by Crippen LogP contribution is 2.58. The van der Waals surface area contributed by atoms with E-state index in [0.29, 0.717) is 5.41 Å². The second-order valence-corrected chi connectivity index (χ2v) is 8.93. The van der Waals surface area contributed by atoms with Gasteiger partial charge in [0.15, 0.2) is 0 Å². The number of fused-ring (bicyclic) bond motifs is 1. The lowest BCUT2D eigenvalue weighted by molar-refractivity contribution is 0.127. The van der Waals surface area contributed by atoms with E-state index in [2.05, 4.69) is 32.6 Å². The fourth-order valence-electron chi connectivity index (χ4n) is 5.86. The van der Waals surface area contributed by atoms with Gasteiger partial charge in [-0.25, -0.2) is 0 Å². The van der Waals surface area contributed by atoms with Crippen LogP contribution >= 0.6 is 0 Å². The number of unbranched alkanes of at least 4 members (excludes halogenated alkanes) is 2. The molecule has 3 aliphatic rings. The minimum Gasteiger partial charge on any atom is -0.0956 e. The summed E-state index contributed by atoms with van der Waals surface area (Å²) in [6.45, 7) is 13.2. The van der Waals surface area contributed by atoms with Crippen LogP contribution in [0.15, 0.2) is 35.5 Å². The molecule has 0 nitrogen and oxygen atoms in total. The molecule has 3 unspecified atom stereocenters. The predicted molar refractivity (Wildman–Crippen MR) is 117 cm³/mol. The molecule has 0 spiro atoms. The van der Waals surface area contributed by atoms with Crippen molar-refractivity contribution in [1.29, 1.82) is 0 Å². The first kappa shape index (κ1) is 21.5. The molecule has 3 rings (SSSR count). The summed E-state index contributed by atoms with van der Waals surface area (Å²) in [5.74, 6) is 1.85. The van der Waals surface area contributed by atoms with Crippen LogP contribution < -0.4 is 0 Å². The van der Waals surface area contributed by atoms with Crippen molar-refractivity contribution in [2.24, 2.45) is 17.3 Å². The molecule has 0 amide bonds. The summed E-state index contributed by atoms with van der Waals surface area (Å²) in [5, 5.41) is 0. The van der Waals surface area contributed by atoms with E-state index in [1.165, 1.54) is 89.0 Å². The van der Waals surface area contributed by atoms with Crippen LogP contribution in [0.1, 0.15) is 111 Å². The quantitative estimate of drug-likeness (QED) is 0.432. The predicted octanol–water partition coefficient (Wildman–Crippen LogP) is 8.79. The van der Waals surface area contributed by atoms with Crippen molar-refractivity contribution in [2.75, 3.05) is 0 Å². The summed E-state index contributed by atoms with van der Waals surface area (Å²) in [5.41, 5.74) is 5.31. The van der Waals surface area contributed by atoms with Gasteiger partial charge in [0.05, 0.1) is 0 Å². The summed E-state index contributed by atoms with van der Waals surface area (Å²) in [4.78, 5) is 0. The van der Waals surface area contributed by atoms with Crippen LogP contribution in [0.4, 0.5) is 0 Å². The van der Waals surface area contributed by atoms with E-state index in [1.807, 2.05) is 13.8 Å². The largest absolute Gasteiger partial charge is 0.0956 e. The van der Waals surface area contributed by atoms with E-state index < -0.39 is 0 Å². The van der Waals surface area contributed by atoms with Crippen molar-refractivity contribution in [2.45, 2.75) is 111 Å². The molecule has 0 heterocycles. The molecule has 0 saturated heterocycles. The van der Waals surface area contributed by atoms with E-state index in [-0.39, 0.29) is 0 Å². The van der Waals surface area contributed by atoms with Gasteiger partial charge in [0, 0.05) is 0 Å². The third-order valence-corrected chi connectivity index (χ3v) is 7.44. The number of hydrogen-bond acceptors (Lipinski definition) is 0. The summed E-state index contributed by atoms with van der Waals surface area (Å²) in [7, 11) is 0. The molecule has 3 atom stereocenters. The Bertz CT molecular complexity index is 506. The van der Waals surface area contributed by atoms with Gasteiger partial charge in [-0.15, -0.1) is 0 Å². The van der Waals surface area contributed by atoms with Crippen molar-refractivity contribution in [3.05, 3.63) is 35.5 Å². The normalized spacial score (nSPS) is 34.5. The van der Waals surface area contributed by atoms with Crippen LogP contribution in [0.3, 0.4) is 0 Å². The third-order valence-electron chi connectivity index (χ3n) is 7.44. The molecule has 0 aromatic carbocycles. The van der Waals surface area contributed by atoms with E-state index in [1.54, 1.807) is 11.1 Å². The van der Waals surface area contributed by atoms with Crippen LogP contribution in [0.25, 0.3) is 0 Å². The first-order valence-electron chi connectivity index (χ1n) is 11.7. The second kappa shape index (κ2) is 10.5. The molecule has 148 valence electrons. The Morgan fingerprint density at radius 3 is 2.50 bits per heavy atom. The molecule has 3 saturated carbocycles. The SMILES string of the molecule is C=C1CCCC/C1=C/C=C1\CCCC2(C)C(CCCCC)CCC12.CC. The number of hydrogen-bond donors (Lipinski definition) is 0. The maximum Gasteiger partial charge on any atom is -0.0143 e. The molecule has 0 radical (unpaired) electrons. The highest BCUT2D eigenvalue weighted by Gasteiger charge is 2.48. The maximum absolute atomic E-state index is 4.30. The molecular formula is C26H44. The van der Waals surface area contributed by atoms with Gasteiger partial charge in [-0.05, 0) is 87.0 Å². The van der Waals surface area contributed by atoms with E-state index in [9.17, 15) is 0 Å². The zero-order valence-electron chi connectivity index (χ0n) is 18.2. The Morgan fingerprint density at radius 1 is 1.00 bits per heavy atom. The maximum atomic E-state index is 4.30. The average molecular weight is 357 g/mol. The monoisotopic (exact) mass is 356 g/mol. The van der Waals surface area contributed by atoms with Gasteiger partial charge >= 0.3 is 0 Å². The van der Waals surface area contributed by atoms with Gasteiger partial charge in [0.2, 0.25) is 0 Å². The molecule has 3 aliphatic carbocycles. The van der Waals surface area contributed by atoms with Gasteiger partial charge < -0.3 is 0 Å². The lowest BCUT2D eigenvalue weighted by Gasteiger charge is -2.42. The summed E-state index contributed by atoms with van der Waals surface area (Å²) in [6.07, 6.45) is 23.0. The van der Waals surface area contributed by atoms with E-state index in [0.717, 1.165) is 11.8 Å². The van der Waals surface area contributed by atoms with E-state index in [4.69, 9.17) is 0 Å². The van der Waals surface area contributed by atoms with Gasteiger partial charge in [0.1, 0.15) is 0 Å².